The van der Waals surface area contributed by atoms with Gasteiger partial charge in [0, 0.05) is 42.4 Å². The third kappa shape index (κ3) is 5.65. The number of carbonyl (C=O) groups excluding carboxylic acids is 3. The average molecular weight is 409 g/mol. The molecular weight excluding hydrogens is 380 g/mol. The smallest absolute Gasteiger partial charge is 0.251 e. The summed E-state index contributed by atoms with van der Waals surface area (Å²) in [6.45, 7) is 5.32. The first-order valence-corrected chi connectivity index (χ1v) is 10.3. The molecular formula is C23H28N4O3. The van der Waals surface area contributed by atoms with Gasteiger partial charge in [-0.3, -0.25) is 19.4 Å². The Morgan fingerprint density at radius 2 is 1.87 bits per heavy atom. The minimum atomic E-state index is -0.225. The molecule has 3 amide bonds. The largest absolute Gasteiger partial charge is 0.346 e. The molecule has 0 bridgehead atoms. The normalized spacial score (nSPS) is 14.4. The number of rotatable bonds is 6. The predicted octanol–water partition coefficient (Wildman–Crippen LogP) is 2.84. The summed E-state index contributed by atoms with van der Waals surface area (Å²) >= 11 is 0. The summed E-state index contributed by atoms with van der Waals surface area (Å²) in [6, 6.07) is 12.4. The molecule has 2 heterocycles. The quantitative estimate of drug-likeness (QED) is 0.769. The Kier molecular flexibility index (Phi) is 7.17. The van der Waals surface area contributed by atoms with Crippen molar-refractivity contribution < 1.29 is 14.4 Å². The minimum Gasteiger partial charge on any atom is -0.346 e. The maximum absolute atomic E-state index is 12.6. The standard InChI is InChI=1S/C23H28N4O3/c1-16(2)23(30)27-12-9-17(10-13-27)22(29)26-19-8-5-6-18(14-19)21(28)25-15-20-7-3-4-11-24-20/h3-8,11,14,16-17H,9-10,12-13,15H2,1-2H3,(H,25,28)(H,26,29). The summed E-state index contributed by atoms with van der Waals surface area (Å²) in [7, 11) is 0. The fraction of sp³-hybridized carbons (Fsp3) is 0.391. The van der Waals surface area contributed by atoms with Crippen LogP contribution in [0.1, 0.15) is 42.7 Å². The van der Waals surface area contributed by atoms with Crippen LogP contribution >= 0.6 is 0 Å². The lowest BCUT2D eigenvalue weighted by atomic mass is 9.95. The predicted molar refractivity (Wildman–Crippen MR) is 115 cm³/mol. The molecule has 158 valence electrons. The number of aromatic nitrogens is 1. The first-order valence-electron chi connectivity index (χ1n) is 10.3. The number of hydrogen-bond donors (Lipinski definition) is 2. The van der Waals surface area contributed by atoms with Crippen LogP contribution < -0.4 is 10.6 Å². The van der Waals surface area contributed by atoms with Crippen molar-refractivity contribution in [2.75, 3.05) is 18.4 Å². The van der Waals surface area contributed by atoms with E-state index in [1.807, 2.05) is 36.9 Å². The van der Waals surface area contributed by atoms with Crippen molar-refractivity contribution in [3.8, 4) is 0 Å². The number of hydrogen-bond acceptors (Lipinski definition) is 4. The van der Waals surface area contributed by atoms with Crippen LogP contribution in [0, 0.1) is 11.8 Å². The summed E-state index contributed by atoms with van der Waals surface area (Å²) in [6.07, 6.45) is 2.98. The van der Waals surface area contributed by atoms with Gasteiger partial charge in [0.05, 0.1) is 12.2 Å². The zero-order valence-electron chi connectivity index (χ0n) is 17.4. The molecule has 0 spiro atoms. The molecule has 0 aliphatic carbocycles. The molecule has 2 aromatic rings. The van der Waals surface area contributed by atoms with Crippen molar-refractivity contribution in [1.82, 2.24) is 15.2 Å². The molecule has 0 radical (unpaired) electrons. The van der Waals surface area contributed by atoms with Crippen LogP contribution in [0.15, 0.2) is 48.7 Å². The highest BCUT2D eigenvalue weighted by molar-refractivity contribution is 5.97. The molecule has 0 unspecified atom stereocenters. The Morgan fingerprint density at radius 3 is 2.53 bits per heavy atom. The van der Waals surface area contributed by atoms with Crippen LogP contribution in [0.5, 0.6) is 0 Å². The van der Waals surface area contributed by atoms with Crippen molar-refractivity contribution in [2.45, 2.75) is 33.2 Å². The highest BCUT2D eigenvalue weighted by atomic mass is 16.2. The Bertz CT molecular complexity index is 890. The number of nitrogens with one attached hydrogen (secondary N) is 2. The van der Waals surface area contributed by atoms with E-state index < -0.39 is 0 Å². The number of piperidine rings is 1. The monoisotopic (exact) mass is 408 g/mol. The van der Waals surface area contributed by atoms with Gasteiger partial charge in [0.25, 0.3) is 5.91 Å². The van der Waals surface area contributed by atoms with Gasteiger partial charge in [-0.25, -0.2) is 0 Å². The van der Waals surface area contributed by atoms with Gasteiger partial charge in [0.1, 0.15) is 0 Å². The van der Waals surface area contributed by atoms with E-state index in [0.29, 0.717) is 43.7 Å². The Hall–Kier alpha value is -3.22. The number of likely N-dealkylation sites (tertiary alicyclic amines) is 1. The van der Waals surface area contributed by atoms with E-state index in [-0.39, 0.29) is 29.6 Å². The summed E-state index contributed by atoms with van der Waals surface area (Å²) in [5.74, 6) is -0.321. The lowest BCUT2D eigenvalue weighted by molar-refractivity contribution is -0.137. The van der Waals surface area contributed by atoms with Crippen LogP contribution in [-0.2, 0) is 16.1 Å². The summed E-state index contributed by atoms with van der Waals surface area (Å²) in [4.78, 5) is 43.2. The Morgan fingerprint density at radius 1 is 1.10 bits per heavy atom. The van der Waals surface area contributed by atoms with Gasteiger partial charge in [-0.2, -0.15) is 0 Å². The number of amides is 3. The molecule has 0 atom stereocenters. The second-order valence-corrected chi connectivity index (χ2v) is 7.83. The van der Waals surface area contributed by atoms with Gasteiger partial charge in [-0.05, 0) is 43.2 Å². The van der Waals surface area contributed by atoms with Crippen LogP contribution in [0.25, 0.3) is 0 Å². The van der Waals surface area contributed by atoms with Crippen molar-refractivity contribution in [3.05, 3.63) is 59.9 Å². The highest BCUT2D eigenvalue weighted by Crippen LogP contribution is 2.21. The topological polar surface area (TPSA) is 91.4 Å². The minimum absolute atomic E-state index is 0.0260. The van der Waals surface area contributed by atoms with Gasteiger partial charge in [0.2, 0.25) is 11.8 Å². The maximum atomic E-state index is 12.6. The first kappa shape index (κ1) is 21.5. The van der Waals surface area contributed by atoms with E-state index in [1.165, 1.54) is 0 Å². The molecule has 30 heavy (non-hydrogen) atoms. The second kappa shape index (κ2) is 10.0. The van der Waals surface area contributed by atoms with E-state index in [2.05, 4.69) is 15.6 Å². The fourth-order valence-electron chi connectivity index (χ4n) is 3.49. The molecule has 1 saturated heterocycles. The zero-order chi connectivity index (χ0) is 21.5. The molecule has 1 aromatic carbocycles. The fourth-order valence-corrected chi connectivity index (χ4v) is 3.49. The first-order chi connectivity index (χ1) is 14.4. The number of anilines is 1. The molecule has 1 aromatic heterocycles. The molecule has 0 saturated carbocycles. The van der Waals surface area contributed by atoms with Crippen molar-refractivity contribution >= 4 is 23.4 Å². The Balaban J connectivity index is 1.53. The van der Waals surface area contributed by atoms with E-state index in [9.17, 15) is 14.4 Å². The zero-order valence-corrected chi connectivity index (χ0v) is 17.4. The van der Waals surface area contributed by atoms with Crippen LogP contribution in [0.3, 0.4) is 0 Å². The number of nitrogens with zero attached hydrogens (tertiary/aromatic N) is 2. The van der Waals surface area contributed by atoms with Gasteiger partial charge >= 0.3 is 0 Å². The van der Waals surface area contributed by atoms with E-state index in [1.54, 1.807) is 30.5 Å². The summed E-state index contributed by atoms with van der Waals surface area (Å²) < 4.78 is 0. The lowest BCUT2D eigenvalue weighted by Crippen LogP contribution is -2.43. The molecule has 1 fully saturated rings. The average Bonchev–Trinajstić information content (AvgIpc) is 2.77. The number of pyridine rings is 1. The van der Waals surface area contributed by atoms with Gasteiger partial charge in [-0.1, -0.05) is 26.0 Å². The third-order valence-corrected chi connectivity index (χ3v) is 5.22. The number of carbonyl (C=O) groups is 3. The molecule has 3 rings (SSSR count). The van der Waals surface area contributed by atoms with Gasteiger partial charge in [0.15, 0.2) is 0 Å². The van der Waals surface area contributed by atoms with E-state index in [4.69, 9.17) is 0 Å². The summed E-state index contributed by atoms with van der Waals surface area (Å²) in [5.41, 5.74) is 1.84. The van der Waals surface area contributed by atoms with Crippen LogP contribution in [-0.4, -0.2) is 40.7 Å². The SMILES string of the molecule is CC(C)C(=O)N1CCC(C(=O)Nc2cccc(C(=O)NCc3ccccn3)c2)CC1. The van der Waals surface area contributed by atoms with E-state index in [0.717, 1.165) is 5.69 Å². The third-order valence-electron chi connectivity index (χ3n) is 5.22. The van der Waals surface area contributed by atoms with Gasteiger partial charge < -0.3 is 15.5 Å². The van der Waals surface area contributed by atoms with Crippen molar-refractivity contribution in [2.24, 2.45) is 11.8 Å². The molecule has 1 aliphatic rings. The highest BCUT2D eigenvalue weighted by Gasteiger charge is 2.28. The Labute approximate surface area is 176 Å². The molecule has 2 N–H and O–H groups in total. The van der Waals surface area contributed by atoms with Crippen LogP contribution in [0.4, 0.5) is 5.69 Å². The maximum Gasteiger partial charge on any atom is 0.251 e. The molecule has 7 heteroatoms. The van der Waals surface area contributed by atoms with Gasteiger partial charge in [-0.15, -0.1) is 0 Å². The van der Waals surface area contributed by atoms with Crippen molar-refractivity contribution in [1.29, 1.82) is 0 Å². The number of benzene rings is 1. The summed E-state index contributed by atoms with van der Waals surface area (Å²) in [5, 5.41) is 5.74. The lowest BCUT2D eigenvalue weighted by Gasteiger charge is -2.32. The van der Waals surface area contributed by atoms with Crippen molar-refractivity contribution in [3.63, 3.8) is 0 Å². The second-order valence-electron chi connectivity index (χ2n) is 7.83. The van der Waals surface area contributed by atoms with E-state index >= 15 is 0 Å². The molecule has 1 aliphatic heterocycles. The molecule has 7 nitrogen and oxygen atoms in total. The van der Waals surface area contributed by atoms with Crippen LogP contribution in [0.2, 0.25) is 0 Å².